The molecule has 1 saturated carbocycles. The molecule has 2 aromatic rings. The van der Waals surface area contributed by atoms with Crippen molar-refractivity contribution in [3.8, 4) is 17.7 Å². The Morgan fingerprint density at radius 2 is 2.00 bits per heavy atom. The number of carbonyl (C=O) groups is 1. The maximum absolute atomic E-state index is 13.6. The molecule has 36 heavy (non-hydrogen) atoms. The molecule has 1 aliphatic heterocycles. The molecule has 0 unspecified atom stereocenters. The minimum atomic E-state index is -0.966. The summed E-state index contributed by atoms with van der Waals surface area (Å²) >= 11 is 0. The fourth-order valence-corrected chi connectivity index (χ4v) is 4.93. The number of pyridine rings is 1. The normalized spacial score (nSPS) is 22.2. The highest BCUT2D eigenvalue weighted by atomic mass is 16.5. The van der Waals surface area contributed by atoms with Gasteiger partial charge in [-0.25, -0.2) is 4.98 Å². The average Bonchev–Trinajstić information content (AvgIpc) is 3.31. The van der Waals surface area contributed by atoms with E-state index in [4.69, 9.17) is 4.74 Å². The molecule has 1 aromatic carbocycles. The van der Waals surface area contributed by atoms with Gasteiger partial charge in [0, 0.05) is 37.3 Å². The summed E-state index contributed by atoms with van der Waals surface area (Å²) in [5, 5.41) is 20.5. The van der Waals surface area contributed by atoms with Crippen LogP contribution in [0.4, 0.5) is 0 Å². The highest BCUT2D eigenvalue weighted by Gasteiger charge is 2.34. The molecule has 1 amide bonds. The van der Waals surface area contributed by atoms with Crippen molar-refractivity contribution in [1.29, 1.82) is 0 Å². The Morgan fingerprint density at radius 1 is 1.28 bits per heavy atom. The fourth-order valence-electron chi connectivity index (χ4n) is 4.93. The third kappa shape index (κ3) is 6.25. The number of hydrogen-bond donors (Lipinski definition) is 2. The number of aliphatic hydroxyl groups is 2. The van der Waals surface area contributed by atoms with E-state index in [-0.39, 0.29) is 36.5 Å². The molecule has 0 saturated heterocycles. The quantitative estimate of drug-likeness (QED) is 0.604. The summed E-state index contributed by atoms with van der Waals surface area (Å²) in [4.78, 5) is 22.0. The minimum Gasteiger partial charge on any atom is -0.472 e. The second-order valence-corrected chi connectivity index (χ2v) is 10.4. The largest absolute Gasteiger partial charge is 0.472 e. The minimum absolute atomic E-state index is 0.0206. The van der Waals surface area contributed by atoms with Gasteiger partial charge in [-0.05, 0) is 51.3 Å². The molecule has 1 aromatic heterocycles. The summed E-state index contributed by atoms with van der Waals surface area (Å²) in [6.07, 6.45) is 4.66. The van der Waals surface area contributed by atoms with E-state index in [1.807, 2.05) is 25.1 Å². The number of fused-ring (bicyclic) bond motifs is 1. The standard InChI is InChI=1S/C29H37N3O4/c1-21-17-32(22(2)20-33)28(34)25-15-24(11-14-29(35)12-7-8-13-29)16-30-27(25)36-26(21)19-31(3)18-23-9-5-4-6-10-23/h4-6,9-10,15-16,21-22,26,33,35H,7-8,12-13,17-20H2,1-3H3/t21-,22-,26-/m1/s1. The Bertz CT molecular complexity index is 1100. The molecule has 1 fully saturated rings. The van der Waals surface area contributed by atoms with Gasteiger partial charge < -0.3 is 19.8 Å². The van der Waals surface area contributed by atoms with Gasteiger partial charge >= 0.3 is 0 Å². The lowest BCUT2D eigenvalue weighted by Gasteiger charge is -2.37. The molecule has 4 rings (SSSR count). The number of benzene rings is 1. The number of nitrogens with zero attached hydrogens (tertiary/aromatic N) is 3. The molecule has 0 spiro atoms. The van der Waals surface area contributed by atoms with E-state index >= 15 is 0 Å². The number of aromatic nitrogens is 1. The van der Waals surface area contributed by atoms with E-state index in [0.717, 1.165) is 19.4 Å². The van der Waals surface area contributed by atoms with Gasteiger partial charge in [-0.3, -0.25) is 9.69 Å². The first-order valence-electron chi connectivity index (χ1n) is 12.8. The van der Waals surface area contributed by atoms with Gasteiger partial charge in [-0.1, -0.05) is 49.1 Å². The SMILES string of the molecule is C[C@@H]1CN([C@H](C)CO)C(=O)c2cc(C#CC3(O)CCCC3)cnc2O[C@@H]1CN(C)Cc1ccccc1. The molecule has 0 bridgehead atoms. The first-order chi connectivity index (χ1) is 17.3. The van der Waals surface area contributed by atoms with Crippen LogP contribution < -0.4 is 4.74 Å². The summed E-state index contributed by atoms with van der Waals surface area (Å²) in [5.41, 5.74) is 1.15. The second kappa shape index (κ2) is 11.4. The topological polar surface area (TPSA) is 86.1 Å². The summed E-state index contributed by atoms with van der Waals surface area (Å²) in [6, 6.07) is 11.6. The molecule has 1 aliphatic carbocycles. The van der Waals surface area contributed by atoms with Crippen molar-refractivity contribution in [1.82, 2.24) is 14.8 Å². The fraction of sp³-hybridized carbons (Fsp3) is 0.517. The van der Waals surface area contributed by atoms with Crippen molar-refractivity contribution in [2.45, 2.75) is 63.8 Å². The number of carbonyl (C=O) groups excluding carboxylic acids is 1. The molecule has 2 heterocycles. The van der Waals surface area contributed by atoms with Crippen molar-refractivity contribution in [2.24, 2.45) is 5.92 Å². The van der Waals surface area contributed by atoms with Gasteiger partial charge in [0.25, 0.3) is 5.91 Å². The van der Waals surface area contributed by atoms with E-state index in [9.17, 15) is 15.0 Å². The predicted octanol–water partition coefficient (Wildman–Crippen LogP) is 3.09. The van der Waals surface area contributed by atoms with Gasteiger partial charge in [-0.15, -0.1) is 0 Å². The van der Waals surface area contributed by atoms with Gasteiger partial charge in [-0.2, -0.15) is 0 Å². The third-order valence-electron chi connectivity index (χ3n) is 7.18. The van der Waals surface area contributed by atoms with E-state index in [0.29, 0.717) is 37.1 Å². The summed E-state index contributed by atoms with van der Waals surface area (Å²) in [7, 11) is 2.06. The van der Waals surface area contributed by atoms with Crippen LogP contribution in [0.3, 0.4) is 0 Å². The molecular weight excluding hydrogens is 454 g/mol. The lowest BCUT2D eigenvalue weighted by Crippen LogP contribution is -2.49. The first-order valence-corrected chi connectivity index (χ1v) is 12.8. The summed E-state index contributed by atoms with van der Waals surface area (Å²) in [5.74, 6) is 6.08. The van der Waals surface area contributed by atoms with Crippen molar-refractivity contribution >= 4 is 5.91 Å². The van der Waals surface area contributed by atoms with Crippen molar-refractivity contribution in [3.05, 3.63) is 59.3 Å². The lowest BCUT2D eigenvalue weighted by atomic mass is 9.99. The zero-order valence-corrected chi connectivity index (χ0v) is 21.5. The third-order valence-corrected chi connectivity index (χ3v) is 7.18. The smallest absolute Gasteiger partial charge is 0.259 e. The highest BCUT2D eigenvalue weighted by molar-refractivity contribution is 5.97. The molecule has 2 aliphatic rings. The Hall–Kier alpha value is -2.92. The number of aliphatic hydroxyl groups excluding tert-OH is 1. The Balaban J connectivity index is 1.61. The van der Waals surface area contributed by atoms with Crippen LogP contribution in [0, 0.1) is 17.8 Å². The zero-order chi connectivity index (χ0) is 25.7. The van der Waals surface area contributed by atoms with Gasteiger partial charge in [0.2, 0.25) is 5.88 Å². The zero-order valence-electron chi connectivity index (χ0n) is 21.5. The van der Waals surface area contributed by atoms with Crippen LogP contribution >= 0.6 is 0 Å². The maximum Gasteiger partial charge on any atom is 0.259 e. The van der Waals surface area contributed by atoms with Crippen molar-refractivity contribution < 1.29 is 19.7 Å². The molecule has 192 valence electrons. The molecular formula is C29H37N3O4. The predicted molar refractivity (Wildman–Crippen MR) is 138 cm³/mol. The van der Waals surface area contributed by atoms with Crippen LogP contribution in [0.1, 0.15) is 61.0 Å². The monoisotopic (exact) mass is 491 g/mol. The summed E-state index contributed by atoms with van der Waals surface area (Å²) < 4.78 is 6.38. The Kier molecular flexibility index (Phi) is 8.30. The van der Waals surface area contributed by atoms with Crippen molar-refractivity contribution in [2.75, 3.05) is 26.7 Å². The van der Waals surface area contributed by atoms with Crippen LogP contribution in [0.25, 0.3) is 0 Å². The van der Waals surface area contributed by atoms with Gasteiger partial charge in [0.05, 0.1) is 12.6 Å². The Morgan fingerprint density at radius 3 is 2.69 bits per heavy atom. The number of hydrogen-bond acceptors (Lipinski definition) is 6. The van der Waals surface area contributed by atoms with E-state index in [2.05, 4.69) is 47.8 Å². The van der Waals surface area contributed by atoms with Crippen LogP contribution in [0.2, 0.25) is 0 Å². The maximum atomic E-state index is 13.6. The van der Waals surface area contributed by atoms with Crippen molar-refractivity contribution in [3.63, 3.8) is 0 Å². The number of amides is 1. The number of likely N-dealkylation sites (N-methyl/N-ethyl adjacent to an activating group) is 1. The molecule has 7 nitrogen and oxygen atoms in total. The van der Waals surface area contributed by atoms with Crippen LogP contribution in [0.5, 0.6) is 5.88 Å². The van der Waals surface area contributed by atoms with E-state index in [1.54, 1.807) is 17.2 Å². The second-order valence-electron chi connectivity index (χ2n) is 10.4. The highest BCUT2D eigenvalue weighted by Crippen LogP contribution is 2.30. The van der Waals surface area contributed by atoms with Gasteiger partial charge in [0.1, 0.15) is 17.3 Å². The van der Waals surface area contributed by atoms with E-state index in [1.165, 1.54) is 5.56 Å². The van der Waals surface area contributed by atoms with Crippen LogP contribution in [0.15, 0.2) is 42.6 Å². The van der Waals surface area contributed by atoms with Crippen LogP contribution in [-0.4, -0.2) is 75.4 Å². The van der Waals surface area contributed by atoms with Crippen LogP contribution in [-0.2, 0) is 6.54 Å². The molecule has 0 radical (unpaired) electrons. The number of rotatable bonds is 6. The van der Waals surface area contributed by atoms with Gasteiger partial charge in [0.15, 0.2) is 0 Å². The number of ether oxygens (including phenoxy) is 1. The van der Waals surface area contributed by atoms with E-state index < -0.39 is 5.60 Å². The Labute approximate surface area is 214 Å². The summed E-state index contributed by atoms with van der Waals surface area (Å²) in [6.45, 7) is 5.67. The first kappa shape index (κ1) is 26.2. The molecule has 2 N–H and O–H groups in total. The lowest BCUT2D eigenvalue weighted by molar-refractivity contribution is 0.0325. The molecule has 3 atom stereocenters. The average molecular weight is 492 g/mol. The molecule has 7 heteroatoms.